The number of aryl methyl sites for hydroxylation is 8. The first-order valence-corrected chi connectivity index (χ1v) is 34.9. The van der Waals surface area contributed by atoms with Crippen LogP contribution in [0.3, 0.4) is 0 Å². The fraction of sp³-hybridized carbons (Fsp3) is 0.227. The fourth-order valence-electron chi connectivity index (χ4n) is 15.2. The zero-order chi connectivity index (χ0) is 76.0. The molecular weight excluding hydrogens is 1380 g/mol. The molecule has 12 aromatic rings. The van der Waals surface area contributed by atoms with E-state index in [-0.39, 0.29) is 69.4 Å². The second-order valence-corrected chi connectivity index (χ2v) is 27.2. The molecule has 0 bridgehead atoms. The molecule has 0 saturated carbocycles. The Bertz CT molecular complexity index is 5750. The molecule has 2 N–H and O–H groups in total. The molecule has 0 radical (unpaired) electrons. The van der Waals surface area contributed by atoms with Gasteiger partial charge in [0.05, 0.1) is 64.9 Å². The monoisotopic (exact) mass is 1450 g/mol. The lowest BCUT2D eigenvalue weighted by Gasteiger charge is -2.18. The van der Waals surface area contributed by atoms with Crippen molar-refractivity contribution < 1.29 is 95.7 Å². The van der Waals surface area contributed by atoms with Crippen molar-refractivity contribution in [1.29, 1.82) is 0 Å². The van der Waals surface area contributed by atoms with Crippen molar-refractivity contribution in [3.8, 4) is 114 Å². The molecule has 0 amide bonds. The van der Waals surface area contributed by atoms with Gasteiger partial charge in [0.2, 0.25) is 13.6 Å². The highest BCUT2D eigenvalue weighted by molar-refractivity contribution is 6.17. The van der Waals surface area contributed by atoms with Crippen LogP contribution in [0.15, 0.2) is 121 Å². The number of carbonyl (C=O) groups is 4. The van der Waals surface area contributed by atoms with Crippen molar-refractivity contribution in [1.82, 2.24) is 0 Å². The van der Waals surface area contributed by atoms with Gasteiger partial charge >= 0.3 is 23.9 Å². The van der Waals surface area contributed by atoms with Crippen molar-refractivity contribution in [2.75, 3.05) is 56.2 Å². The molecule has 20 heteroatoms. The van der Waals surface area contributed by atoms with Crippen molar-refractivity contribution in [3.63, 3.8) is 0 Å². The number of fused-ring (bicyclic) bond motifs is 10. The van der Waals surface area contributed by atoms with Gasteiger partial charge in [-0.15, -0.1) is 0 Å². The van der Waals surface area contributed by atoms with E-state index in [1.807, 2.05) is 94.4 Å². The zero-order valence-electron chi connectivity index (χ0n) is 62.0. The number of methoxy groups -OCH3 is 6. The highest BCUT2D eigenvalue weighted by Gasteiger charge is 2.37. The first kappa shape index (κ1) is 70.8. The average Bonchev–Trinajstić information content (AvgIpc) is 1.42. The molecule has 0 saturated heterocycles. The second kappa shape index (κ2) is 27.9. The van der Waals surface area contributed by atoms with Crippen molar-refractivity contribution >= 4 is 67.0 Å². The van der Waals surface area contributed by atoms with Gasteiger partial charge in [0.15, 0.2) is 46.0 Å². The van der Waals surface area contributed by atoms with Crippen molar-refractivity contribution in [2.24, 2.45) is 0 Å². The van der Waals surface area contributed by atoms with Crippen LogP contribution in [-0.2, 0) is 45.4 Å². The van der Waals surface area contributed by atoms with E-state index >= 15 is 0 Å². The minimum absolute atomic E-state index is 0.0466. The number of benzene rings is 12. The first-order chi connectivity index (χ1) is 52.1. The van der Waals surface area contributed by atoms with Gasteiger partial charge in [0, 0.05) is 66.1 Å². The van der Waals surface area contributed by atoms with Gasteiger partial charge < -0.3 is 76.5 Å². The Morgan fingerprint density at radius 3 is 0.917 bits per heavy atom. The summed E-state index contributed by atoms with van der Waals surface area (Å²) < 4.78 is 76.4. The first-order valence-electron chi connectivity index (χ1n) is 34.9. The Labute approximate surface area is 621 Å². The summed E-state index contributed by atoms with van der Waals surface area (Å²) in [4.78, 5) is 50.3. The third kappa shape index (κ3) is 11.8. The average molecular weight is 1450 g/mol. The van der Waals surface area contributed by atoms with Gasteiger partial charge in [0.1, 0.15) is 49.4 Å². The van der Waals surface area contributed by atoms with Gasteiger partial charge in [-0.05, 0) is 216 Å². The molecule has 12 aromatic carbocycles. The SMILES string of the molecule is COc1c2c(c(-c3ccc4c(c3)OCO4)c3cc(C)c(C)cc13)C(=O)OC2.COc1cc(-c2c3c(c(OC)c4cc(C)c(C)cc24)COC3=O)ccc1O.COc1ccc(-c2c3c(c(OC)c4cc(C)c(C)cc24)COC3=O)cc1OC.Cc1cc2c(O)c3c(c(-c4ccc5c(c4)OCO5)c2cc1C)C(=O)OC3. The molecule has 20 nitrogen and oxygen atoms in total. The lowest BCUT2D eigenvalue weighted by molar-refractivity contribution is 0.0525. The van der Waals surface area contributed by atoms with Crippen LogP contribution in [0.4, 0.5) is 0 Å². The summed E-state index contributed by atoms with van der Waals surface area (Å²) in [5, 5.41) is 27.9. The standard InChI is InChI=1S/C23H22O5.C22H18O5.C22H20O5.C21H16O5/c1-12-8-15-16(9-13(12)2)22(27-5)17-11-28-23(24)21(17)20(15)14-6-7-18(25-3)19(10-14)26-4;1-11-6-14-15(7-12(11)2)21(24-3)16-9-25-22(23)20(16)19(14)13-4-5-17-18(8-13)27-10-26-17;1-11-7-14-15(8-12(11)2)21(26-4)16-10-27-22(24)20(16)19(14)13-5-6-17(23)18(9-13)25-3;1-10-5-13-14(6-11(10)2)20(22)15-8-24-21(23)19(15)18(13)12-3-4-16-17(7-12)26-9-25-16/h6-10H,11H2,1-5H3;4-8H,9-10H2,1-3H3;5-9,23H,10H2,1-4H3;3-7,22H,8-9H2,1-2H3. The summed E-state index contributed by atoms with van der Waals surface area (Å²) in [5.41, 5.74) is 20.6. The molecule has 6 heterocycles. The number of ether oxygens (including phenoxy) is 14. The maximum Gasteiger partial charge on any atom is 0.339 e. The molecule has 18 rings (SSSR count). The maximum absolute atomic E-state index is 12.7. The molecule has 548 valence electrons. The number of esters is 4. The summed E-state index contributed by atoms with van der Waals surface area (Å²) in [7, 11) is 9.56. The largest absolute Gasteiger partial charge is 0.507 e. The summed E-state index contributed by atoms with van der Waals surface area (Å²) in [5.74, 6) is 5.11. The van der Waals surface area contributed by atoms with Gasteiger partial charge in [0.25, 0.3) is 0 Å². The van der Waals surface area contributed by atoms with E-state index in [1.165, 1.54) is 12.7 Å². The molecule has 0 unspecified atom stereocenters. The number of rotatable bonds is 10. The van der Waals surface area contributed by atoms with E-state index in [9.17, 15) is 29.4 Å². The molecule has 0 spiro atoms. The van der Waals surface area contributed by atoms with E-state index in [4.69, 9.17) is 66.3 Å². The third-order valence-electron chi connectivity index (χ3n) is 21.2. The van der Waals surface area contributed by atoms with Crippen LogP contribution in [0.2, 0.25) is 0 Å². The molecule has 6 aliphatic heterocycles. The number of aromatic hydroxyl groups is 2. The zero-order valence-corrected chi connectivity index (χ0v) is 62.0. The molecule has 108 heavy (non-hydrogen) atoms. The molecule has 0 atom stereocenters. The second-order valence-electron chi connectivity index (χ2n) is 27.2. The van der Waals surface area contributed by atoms with Crippen LogP contribution < -0.4 is 47.4 Å². The number of phenolic OH excluding ortho intramolecular Hbond substituents is 2. The van der Waals surface area contributed by atoms with Crippen LogP contribution in [0.25, 0.3) is 87.6 Å². The van der Waals surface area contributed by atoms with Crippen LogP contribution in [0, 0.1) is 55.4 Å². The van der Waals surface area contributed by atoms with Crippen molar-refractivity contribution in [2.45, 2.75) is 81.8 Å². The summed E-state index contributed by atoms with van der Waals surface area (Å²) in [6.07, 6.45) is 0. The normalized spacial score (nSPS) is 13.6. The Balaban J connectivity index is 0.000000115. The van der Waals surface area contributed by atoms with Gasteiger partial charge in [-0.1, -0.05) is 48.5 Å². The smallest absolute Gasteiger partial charge is 0.339 e. The molecule has 6 aliphatic rings. The summed E-state index contributed by atoms with van der Waals surface area (Å²) in [6, 6.07) is 38.7. The van der Waals surface area contributed by atoms with E-state index in [0.29, 0.717) is 85.3 Å². The van der Waals surface area contributed by atoms with E-state index in [1.54, 1.807) is 53.7 Å². The lowest BCUT2D eigenvalue weighted by atomic mass is 9.88. The van der Waals surface area contributed by atoms with Gasteiger partial charge in [-0.25, -0.2) is 19.2 Å². The minimum Gasteiger partial charge on any atom is -0.507 e. The predicted octanol–water partition coefficient (Wildman–Crippen LogP) is 18.1. The highest BCUT2D eigenvalue weighted by Crippen LogP contribution is 2.52. The summed E-state index contributed by atoms with van der Waals surface area (Å²) >= 11 is 0. The number of hydrogen-bond donors (Lipinski definition) is 2. The number of carbonyl (C=O) groups excluding carboxylic acids is 4. The molecule has 0 aromatic heterocycles. The predicted molar refractivity (Wildman–Crippen MR) is 407 cm³/mol. The van der Waals surface area contributed by atoms with Gasteiger partial charge in [-0.2, -0.15) is 0 Å². The van der Waals surface area contributed by atoms with Crippen molar-refractivity contribution in [3.05, 3.63) is 210 Å². The van der Waals surface area contributed by atoms with Gasteiger partial charge in [-0.3, -0.25) is 0 Å². The maximum atomic E-state index is 12.7. The van der Waals surface area contributed by atoms with Crippen LogP contribution >= 0.6 is 0 Å². The Kier molecular flexibility index (Phi) is 18.3. The van der Waals surface area contributed by atoms with E-state index < -0.39 is 5.97 Å². The number of phenols is 2. The number of cyclic esters (lactones) is 4. The quantitative estimate of drug-likeness (QED) is 0.0956. The lowest BCUT2D eigenvalue weighted by Crippen LogP contribution is -2.02. The van der Waals surface area contributed by atoms with Crippen LogP contribution in [0.5, 0.6) is 69.0 Å². The minimum atomic E-state index is -0.414. The van der Waals surface area contributed by atoms with E-state index in [0.717, 1.165) is 143 Å². The van der Waals surface area contributed by atoms with Crippen LogP contribution in [0.1, 0.15) is 108 Å². The Hall–Kier alpha value is -12.8. The number of hydrogen-bond acceptors (Lipinski definition) is 20. The van der Waals surface area contributed by atoms with Crippen LogP contribution in [-0.4, -0.2) is 90.3 Å². The Morgan fingerprint density at radius 2 is 0.556 bits per heavy atom. The highest BCUT2D eigenvalue weighted by atomic mass is 16.7. The molecule has 0 aliphatic carbocycles. The molecular formula is C88H76O20. The third-order valence-corrected chi connectivity index (χ3v) is 21.2. The topological polar surface area (TPSA) is 238 Å². The Morgan fingerprint density at radius 1 is 0.269 bits per heavy atom. The van der Waals surface area contributed by atoms with E-state index in [2.05, 4.69) is 64.1 Å². The summed E-state index contributed by atoms with van der Waals surface area (Å²) in [6.45, 7) is 17.5. The molecule has 0 fully saturated rings. The fourth-order valence-corrected chi connectivity index (χ4v) is 15.2.